The van der Waals surface area contributed by atoms with Gasteiger partial charge in [0.05, 0.1) is 5.52 Å². The van der Waals surface area contributed by atoms with Crippen LogP contribution in [-0.2, 0) is 11.2 Å². The third-order valence-electron chi connectivity index (χ3n) is 13.0. The summed E-state index contributed by atoms with van der Waals surface area (Å²) in [5, 5.41) is 12.4. The van der Waals surface area contributed by atoms with Crippen LogP contribution in [0.5, 0.6) is 0 Å². The first-order valence-corrected chi connectivity index (χ1v) is 17.7. The molecule has 2 aliphatic heterocycles. The number of aliphatic hydroxyl groups is 1. The summed E-state index contributed by atoms with van der Waals surface area (Å²) in [4.78, 5) is 38.2. The molecule has 2 amide bonds. The van der Waals surface area contributed by atoms with Crippen LogP contribution in [-0.4, -0.2) is 76.1 Å². The maximum absolute atomic E-state index is 13.9. The fourth-order valence-corrected chi connectivity index (χ4v) is 10.3. The van der Waals surface area contributed by atoms with E-state index in [-0.39, 0.29) is 17.2 Å². The van der Waals surface area contributed by atoms with Gasteiger partial charge in [0.1, 0.15) is 17.3 Å². The van der Waals surface area contributed by atoms with E-state index in [0.717, 1.165) is 62.5 Å². The Hall–Kier alpha value is -3.89. The Bertz CT molecular complexity index is 1790. The van der Waals surface area contributed by atoms with Crippen molar-refractivity contribution in [1.82, 2.24) is 14.8 Å². The van der Waals surface area contributed by atoms with Crippen molar-refractivity contribution in [3.05, 3.63) is 70.9 Å². The van der Waals surface area contributed by atoms with Gasteiger partial charge in [-0.1, -0.05) is 43.2 Å². The average Bonchev–Trinajstić information content (AvgIpc) is 3.70. The van der Waals surface area contributed by atoms with Crippen molar-refractivity contribution in [3.63, 3.8) is 0 Å². The van der Waals surface area contributed by atoms with Crippen molar-refractivity contribution in [2.24, 2.45) is 17.3 Å². The van der Waals surface area contributed by atoms with Gasteiger partial charge in [-0.3, -0.25) is 9.59 Å². The smallest absolute Gasteiger partial charge is 0.273 e. The number of carbonyl (C=O) groups excluding carboxylic acids is 2. The van der Waals surface area contributed by atoms with Crippen molar-refractivity contribution in [3.8, 4) is 12.3 Å². The van der Waals surface area contributed by atoms with Gasteiger partial charge in [0, 0.05) is 49.2 Å². The van der Waals surface area contributed by atoms with E-state index in [2.05, 4.69) is 41.8 Å². The van der Waals surface area contributed by atoms with Crippen LogP contribution in [0.4, 0.5) is 5.69 Å². The molecule has 2 saturated heterocycles. The lowest BCUT2D eigenvalue weighted by Crippen LogP contribution is -2.54. The van der Waals surface area contributed by atoms with Crippen molar-refractivity contribution in [2.75, 3.05) is 37.6 Å². The standard InChI is InChI=1S/C40H46N4O3/c1-4-40(47)18-16-32-30-13-11-28-24-26(2)36(25-31(28)29(30)15-17-39(32,40)3)42-20-22-43(23-21-42)38(46)35-10-7-19-44(35)37(45)34-14-12-27-8-5-6-9-33(27)41-34/h1,5-6,8-9,12,14,24-25,29-30,32,35,47H,7,10-11,13,15-23H2,2-3H3/t29-,30+,32-,35-,39-,40-/m0/s1. The molecule has 3 aromatic rings. The molecule has 3 aliphatic carbocycles. The quantitative estimate of drug-likeness (QED) is 0.375. The largest absolute Gasteiger partial charge is 0.377 e. The summed E-state index contributed by atoms with van der Waals surface area (Å²) >= 11 is 0. The van der Waals surface area contributed by atoms with Crippen LogP contribution in [0, 0.1) is 36.5 Å². The number of piperazine rings is 1. The molecule has 0 radical (unpaired) electrons. The van der Waals surface area contributed by atoms with Crippen molar-refractivity contribution >= 4 is 28.4 Å². The van der Waals surface area contributed by atoms with Crippen LogP contribution in [0.1, 0.15) is 85.0 Å². The summed E-state index contributed by atoms with van der Waals surface area (Å²) in [7, 11) is 0. The number of hydrogen-bond acceptors (Lipinski definition) is 5. The molecule has 47 heavy (non-hydrogen) atoms. The Morgan fingerprint density at radius 2 is 1.79 bits per heavy atom. The number of hydrogen-bond donors (Lipinski definition) is 1. The number of aryl methyl sites for hydroxylation is 2. The number of pyridine rings is 1. The van der Waals surface area contributed by atoms with Gasteiger partial charge in [-0.05, 0) is 111 Å². The number of likely N-dealkylation sites (tertiary alicyclic amines) is 1. The van der Waals surface area contributed by atoms with Crippen molar-refractivity contribution in [2.45, 2.75) is 82.8 Å². The maximum Gasteiger partial charge on any atom is 0.273 e. The van der Waals surface area contributed by atoms with Gasteiger partial charge >= 0.3 is 0 Å². The first kappa shape index (κ1) is 30.4. The minimum absolute atomic E-state index is 0.0649. The highest BCUT2D eigenvalue weighted by atomic mass is 16.3. The monoisotopic (exact) mass is 630 g/mol. The number of aromatic nitrogens is 1. The first-order chi connectivity index (χ1) is 22.7. The number of para-hydroxylation sites is 1. The van der Waals surface area contributed by atoms with E-state index in [1.165, 1.54) is 28.8 Å². The minimum atomic E-state index is -0.978. The van der Waals surface area contributed by atoms with E-state index in [0.29, 0.717) is 49.5 Å². The van der Waals surface area contributed by atoms with Gasteiger partial charge in [-0.25, -0.2) is 4.98 Å². The summed E-state index contributed by atoms with van der Waals surface area (Å²) in [6.45, 7) is 7.92. The number of anilines is 1. The third kappa shape index (κ3) is 4.78. The molecule has 1 aromatic heterocycles. The molecular weight excluding hydrogens is 584 g/mol. The lowest BCUT2D eigenvalue weighted by atomic mass is 9.53. The minimum Gasteiger partial charge on any atom is -0.377 e. The number of fused-ring (bicyclic) bond motifs is 6. The second-order valence-corrected chi connectivity index (χ2v) is 15.1. The van der Waals surface area contributed by atoms with E-state index in [9.17, 15) is 14.7 Å². The van der Waals surface area contributed by atoms with Crippen LogP contribution >= 0.6 is 0 Å². The molecule has 0 bridgehead atoms. The second-order valence-electron chi connectivity index (χ2n) is 15.1. The summed E-state index contributed by atoms with van der Waals surface area (Å²) in [5.74, 6) is 4.26. The zero-order chi connectivity index (χ0) is 32.5. The molecule has 0 unspecified atom stereocenters. The molecule has 3 heterocycles. The Balaban J connectivity index is 0.956. The summed E-state index contributed by atoms with van der Waals surface area (Å²) in [5.41, 5.74) is 5.61. The molecular formula is C40H46N4O3. The molecule has 6 atom stereocenters. The van der Waals surface area contributed by atoms with Gasteiger partial charge in [0.25, 0.3) is 5.91 Å². The SMILES string of the molecule is C#C[C@]1(O)CC[C@H]2[C@@H]3CCc4cc(C)c(N5CCN(C(=O)[C@@H]6CCCN6C(=O)c6ccc7ccccc7n6)CC5)cc4[C@H]3CC[C@@]21C. The molecule has 2 saturated carbocycles. The summed E-state index contributed by atoms with van der Waals surface area (Å²) < 4.78 is 0. The predicted molar refractivity (Wildman–Crippen MR) is 184 cm³/mol. The highest BCUT2D eigenvalue weighted by Gasteiger charge is 2.61. The van der Waals surface area contributed by atoms with E-state index >= 15 is 0 Å². The predicted octanol–water partition coefficient (Wildman–Crippen LogP) is 5.72. The van der Waals surface area contributed by atoms with E-state index in [1.807, 2.05) is 35.2 Å². The lowest BCUT2D eigenvalue weighted by molar-refractivity contribution is -0.135. The number of amides is 2. The molecule has 7 heteroatoms. The fraction of sp³-hybridized carbons (Fsp3) is 0.525. The molecule has 0 spiro atoms. The van der Waals surface area contributed by atoms with Crippen LogP contribution in [0.15, 0.2) is 48.5 Å². The molecule has 4 fully saturated rings. The Morgan fingerprint density at radius 1 is 0.979 bits per heavy atom. The highest BCUT2D eigenvalue weighted by Crippen LogP contribution is 2.64. The maximum atomic E-state index is 13.9. The van der Waals surface area contributed by atoms with Gasteiger partial charge in [0.2, 0.25) is 5.91 Å². The number of rotatable bonds is 3. The topological polar surface area (TPSA) is 77.0 Å². The Labute approximate surface area is 278 Å². The van der Waals surface area contributed by atoms with Crippen LogP contribution in [0.25, 0.3) is 10.9 Å². The average molecular weight is 631 g/mol. The number of benzene rings is 2. The van der Waals surface area contributed by atoms with Gasteiger partial charge in [0.15, 0.2) is 0 Å². The van der Waals surface area contributed by atoms with Gasteiger partial charge < -0.3 is 19.8 Å². The molecule has 7 nitrogen and oxygen atoms in total. The molecule has 8 rings (SSSR count). The zero-order valence-electron chi connectivity index (χ0n) is 27.8. The Morgan fingerprint density at radius 3 is 2.60 bits per heavy atom. The third-order valence-corrected chi connectivity index (χ3v) is 13.0. The zero-order valence-corrected chi connectivity index (χ0v) is 27.8. The van der Waals surface area contributed by atoms with E-state index in [1.54, 1.807) is 11.0 Å². The lowest BCUT2D eigenvalue weighted by Gasteiger charge is -2.52. The van der Waals surface area contributed by atoms with Gasteiger partial charge in [-0.2, -0.15) is 0 Å². The Kier molecular flexibility index (Phi) is 7.37. The van der Waals surface area contributed by atoms with Crippen molar-refractivity contribution in [1.29, 1.82) is 0 Å². The van der Waals surface area contributed by atoms with Crippen LogP contribution in [0.3, 0.4) is 0 Å². The normalized spacial score (nSPS) is 31.7. The van der Waals surface area contributed by atoms with Crippen LogP contribution < -0.4 is 4.90 Å². The molecule has 5 aliphatic rings. The van der Waals surface area contributed by atoms with Crippen molar-refractivity contribution < 1.29 is 14.7 Å². The van der Waals surface area contributed by atoms with E-state index < -0.39 is 11.6 Å². The fourth-order valence-electron chi connectivity index (χ4n) is 10.3. The van der Waals surface area contributed by atoms with Gasteiger partial charge in [-0.15, -0.1) is 6.42 Å². The number of carbonyl (C=O) groups is 2. The second kappa shape index (κ2) is 11.4. The van der Waals surface area contributed by atoms with E-state index in [4.69, 9.17) is 6.42 Å². The summed E-state index contributed by atoms with van der Waals surface area (Å²) in [6.07, 6.45) is 13.5. The summed E-state index contributed by atoms with van der Waals surface area (Å²) in [6, 6.07) is 16.0. The first-order valence-electron chi connectivity index (χ1n) is 17.7. The number of terminal acetylenes is 1. The van der Waals surface area contributed by atoms with Crippen LogP contribution in [0.2, 0.25) is 0 Å². The molecule has 2 aromatic carbocycles. The molecule has 244 valence electrons. The molecule has 1 N–H and O–H groups in total. The number of nitrogens with zero attached hydrogens (tertiary/aromatic N) is 4. The highest BCUT2D eigenvalue weighted by molar-refractivity contribution is 5.98.